The van der Waals surface area contributed by atoms with Crippen LogP contribution in [0.2, 0.25) is 0 Å². The van der Waals surface area contributed by atoms with Crippen LogP contribution in [-0.4, -0.2) is 56.2 Å². The number of ether oxygens (including phenoxy) is 1. The van der Waals surface area contributed by atoms with Crippen molar-refractivity contribution in [3.63, 3.8) is 0 Å². The third-order valence-corrected chi connectivity index (χ3v) is 4.40. The Morgan fingerprint density at radius 1 is 1.15 bits per heavy atom. The molecule has 3 rings (SSSR count). The molecule has 1 aliphatic heterocycles. The minimum Gasteiger partial charge on any atom is -0.481 e. The van der Waals surface area contributed by atoms with Crippen molar-refractivity contribution in [1.82, 2.24) is 15.2 Å². The van der Waals surface area contributed by atoms with E-state index in [-0.39, 0.29) is 29.8 Å². The molecule has 1 saturated heterocycles. The van der Waals surface area contributed by atoms with Gasteiger partial charge in [0.05, 0.1) is 25.0 Å². The molecule has 1 aliphatic rings. The van der Waals surface area contributed by atoms with E-state index in [0.29, 0.717) is 18.1 Å². The molecule has 0 radical (unpaired) electrons. The molecule has 27 heavy (non-hydrogen) atoms. The van der Waals surface area contributed by atoms with E-state index in [1.165, 1.54) is 6.07 Å². The predicted molar refractivity (Wildman–Crippen MR) is 117 cm³/mol. The van der Waals surface area contributed by atoms with E-state index < -0.39 is 0 Å². The summed E-state index contributed by atoms with van der Waals surface area (Å²) in [4.78, 5) is 13.0. The molecular formula is C19H25FIN5O. The first-order valence-electron chi connectivity index (χ1n) is 8.66. The number of nitrogens with one attached hydrogen (secondary N) is 1. The number of rotatable bonds is 4. The van der Waals surface area contributed by atoms with E-state index in [2.05, 4.69) is 25.1 Å². The third kappa shape index (κ3) is 5.44. The molecule has 1 N–H and O–H groups in total. The number of anilines is 1. The number of halogens is 2. The second-order valence-electron chi connectivity index (χ2n) is 6.00. The fourth-order valence-corrected chi connectivity index (χ4v) is 3.04. The van der Waals surface area contributed by atoms with Crippen LogP contribution in [0.1, 0.15) is 5.69 Å². The van der Waals surface area contributed by atoms with Crippen molar-refractivity contribution in [2.75, 3.05) is 45.2 Å². The second kappa shape index (κ2) is 10.3. The number of piperazine rings is 1. The van der Waals surface area contributed by atoms with E-state index in [9.17, 15) is 4.39 Å². The minimum atomic E-state index is -0.174. The predicted octanol–water partition coefficient (Wildman–Crippen LogP) is 2.74. The van der Waals surface area contributed by atoms with Gasteiger partial charge in [0.2, 0.25) is 5.88 Å². The molecule has 0 spiro atoms. The average molecular weight is 485 g/mol. The first-order valence-corrected chi connectivity index (χ1v) is 8.66. The summed E-state index contributed by atoms with van der Waals surface area (Å²) in [7, 11) is 3.37. The molecule has 2 heterocycles. The Morgan fingerprint density at radius 3 is 2.56 bits per heavy atom. The number of aromatic nitrogens is 1. The monoisotopic (exact) mass is 485 g/mol. The van der Waals surface area contributed by atoms with Crippen LogP contribution < -0.4 is 15.0 Å². The molecule has 1 fully saturated rings. The van der Waals surface area contributed by atoms with Gasteiger partial charge in [0.25, 0.3) is 0 Å². The molecule has 2 aromatic rings. The third-order valence-electron chi connectivity index (χ3n) is 4.40. The van der Waals surface area contributed by atoms with Gasteiger partial charge in [-0.15, -0.1) is 24.0 Å². The summed E-state index contributed by atoms with van der Waals surface area (Å²) in [5.74, 6) is 1.24. The zero-order valence-corrected chi connectivity index (χ0v) is 17.9. The highest BCUT2D eigenvalue weighted by molar-refractivity contribution is 14.0. The van der Waals surface area contributed by atoms with Gasteiger partial charge in [0.15, 0.2) is 5.96 Å². The minimum absolute atomic E-state index is 0. The number of benzene rings is 1. The van der Waals surface area contributed by atoms with E-state index in [1.54, 1.807) is 20.2 Å². The quantitative estimate of drug-likeness (QED) is 0.410. The van der Waals surface area contributed by atoms with Crippen molar-refractivity contribution in [2.45, 2.75) is 6.54 Å². The number of guanidine groups is 1. The lowest BCUT2D eigenvalue weighted by molar-refractivity contribution is 0.370. The highest BCUT2D eigenvalue weighted by atomic mass is 127. The summed E-state index contributed by atoms with van der Waals surface area (Å²) in [6, 6.07) is 12.6. The van der Waals surface area contributed by atoms with Gasteiger partial charge in [0.1, 0.15) is 5.82 Å². The summed E-state index contributed by atoms with van der Waals surface area (Å²) < 4.78 is 19.1. The summed E-state index contributed by atoms with van der Waals surface area (Å²) in [5.41, 5.74) is 1.55. The van der Waals surface area contributed by atoms with Crippen LogP contribution in [0.3, 0.4) is 0 Å². The van der Waals surface area contributed by atoms with Gasteiger partial charge in [-0.25, -0.2) is 9.37 Å². The molecule has 8 heteroatoms. The normalized spacial score (nSPS) is 14.6. The van der Waals surface area contributed by atoms with Crippen LogP contribution in [0.15, 0.2) is 47.5 Å². The zero-order valence-electron chi connectivity index (χ0n) is 15.6. The van der Waals surface area contributed by atoms with Crippen LogP contribution in [0, 0.1) is 5.82 Å². The Kier molecular flexibility index (Phi) is 8.08. The fraction of sp³-hybridized carbons (Fsp3) is 0.368. The molecule has 0 atom stereocenters. The second-order valence-corrected chi connectivity index (χ2v) is 6.00. The maximum absolute atomic E-state index is 14.0. The van der Waals surface area contributed by atoms with Crippen LogP contribution in [0.4, 0.5) is 10.1 Å². The lowest BCUT2D eigenvalue weighted by Gasteiger charge is -2.37. The number of aliphatic imine (C=N–C) groups is 1. The summed E-state index contributed by atoms with van der Waals surface area (Å²) in [6.45, 7) is 3.62. The zero-order chi connectivity index (χ0) is 18.4. The topological polar surface area (TPSA) is 53.0 Å². The van der Waals surface area contributed by atoms with E-state index >= 15 is 0 Å². The molecule has 0 aliphatic carbocycles. The van der Waals surface area contributed by atoms with Crippen molar-refractivity contribution in [2.24, 2.45) is 4.99 Å². The lowest BCUT2D eigenvalue weighted by atomic mass is 10.2. The van der Waals surface area contributed by atoms with Gasteiger partial charge < -0.3 is 19.9 Å². The molecular weight excluding hydrogens is 460 g/mol. The number of para-hydroxylation sites is 1. The maximum atomic E-state index is 14.0. The number of pyridine rings is 1. The van der Waals surface area contributed by atoms with Crippen molar-refractivity contribution >= 4 is 35.6 Å². The lowest BCUT2D eigenvalue weighted by Crippen LogP contribution is -2.52. The van der Waals surface area contributed by atoms with Gasteiger partial charge in [-0.05, 0) is 18.2 Å². The highest BCUT2D eigenvalue weighted by Crippen LogP contribution is 2.20. The number of hydrogen-bond donors (Lipinski definition) is 1. The molecule has 0 amide bonds. The molecule has 0 bridgehead atoms. The number of nitrogens with zero attached hydrogens (tertiary/aromatic N) is 4. The standard InChI is InChI=1S/C19H24FN5O.HI/c1-21-19(22-14-15-6-5-9-18(23-15)26-2)25-12-10-24(11-13-25)17-8-4-3-7-16(17)20;/h3-9H,10-14H2,1-2H3,(H,21,22);1H. The van der Waals surface area contributed by atoms with Crippen LogP contribution in [0.25, 0.3) is 0 Å². The Bertz CT molecular complexity index is 765. The largest absolute Gasteiger partial charge is 0.481 e. The first kappa shape index (κ1) is 21.2. The molecule has 1 aromatic carbocycles. The van der Waals surface area contributed by atoms with Gasteiger partial charge in [-0.3, -0.25) is 4.99 Å². The van der Waals surface area contributed by atoms with E-state index in [0.717, 1.165) is 37.8 Å². The van der Waals surface area contributed by atoms with Gasteiger partial charge in [0, 0.05) is 39.3 Å². The van der Waals surface area contributed by atoms with Gasteiger partial charge in [-0.2, -0.15) is 0 Å². The summed E-state index contributed by atoms with van der Waals surface area (Å²) in [5, 5.41) is 3.34. The van der Waals surface area contributed by atoms with Crippen molar-refractivity contribution in [3.05, 3.63) is 54.0 Å². The van der Waals surface area contributed by atoms with Crippen molar-refractivity contribution in [1.29, 1.82) is 0 Å². The Hall–Kier alpha value is -2.10. The van der Waals surface area contributed by atoms with Gasteiger partial charge in [-0.1, -0.05) is 18.2 Å². The van der Waals surface area contributed by atoms with E-state index in [4.69, 9.17) is 4.74 Å². The molecule has 6 nitrogen and oxygen atoms in total. The van der Waals surface area contributed by atoms with Crippen LogP contribution in [0.5, 0.6) is 5.88 Å². The van der Waals surface area contributed by atoms with Crippen LogP contribution in [-0.2, 0) is 6.54 Å². The SMILES string of the molecule is CN=C(NCc1cccc(OC)n1)N1CCN(c2ccccc2F)CC1.I. The molecule has 0 unspecified atom stereocenters. The Morgan fingerprint density at radius 2 is 1.89 bits per heavy atom. The molecule has 0 saturated carbocycles. The number of hydrogen-bond acceptors (Lipinski definition) is 4. The number of methoxy groups -OCH3 is 1. The summed E-state index contributed by atoms with van der Waals surface area (Å²) in [6.07, 6.45) is 0. The maximum Gasteiger partial charge on any atom is 0.213 e. The van der Waals surface area contributed by atoms with Crippen molar-refractivity contribution < 1.29 is 9.13 Å². The molecule has 146 valence electrons. The van der Waals surface area contributed by atoms with Gasteiger partial charge >= 0.3 is 0 Å². The highest BCUT2D eigenvalue weighted by Gasteiger charge is 2.21. The van der Waals surface area contributed by atoms with Crippen LogP contribution >= 0.6 is 24.0 Å². The van der Waals surface area contributed by atoms with E-state index in [1.807, 2.05) is 30.3 Å². The first-order chi connectivity index (χ1) is 12.7. The average Bonchev–Trinajstić information content (AvgIpc) is 2.69. The Balaban J connectivity index is 0.00000261. The Labute approximate surface area is 176 Å². The fourth-order valence-electron chi connectivity index (χ4n) is 3.04. The summed E-state index contributed by atoms with van der Waals surface area (Å²) >= 11 is 0. The molecule has 1 aromatic heterocycles. The van der Waals surface area contributed by atoms with Crippen molar-refractivity contribution in [3.8, 4) is 5.88 Å². The smallest absolute Gasteiger partial charge is 0.213 e.